The number of nitro groups is 1. The molecule has 0 aromatic heterocycles. The van der Waals surface area contributed by atoms with E-state index in [0.29, 0.717) is 30.0 Å². The van der Waals surface area contributed by atoms with Crippen molar-refractivity contribution >= 4 is 46.1 Å². The Labute approximate surface area is 253 Å². The number of amides is 2. The molecule has 2 N–H and O–H groups in total. The van der Waals surface area contributed by atoms with Crippen LogP contribution in [0.2, 0.25) is 5.02 Å². The summed E-state index contributed by atoms with van der Waals surface area (Å²) in [6.45, 7) is 0.737. The van der Waals surface area contributed by atoms with Crippen molar-refractivity contribution in [2.24, 2.45) is 5.10 Å². The first-order chi connectivity index (χ1) is 20.6. The van der Waals surface area contributed by atoms with Gasteiger partial charge in [-0.1, -0.05) is 54.1 Å². The van der Waals surface area contributed by atoms with Crippen LogP contribution in [0, 0.1) is 10.1 Å². The third-order valence-corrected chi connectivity index (χ3v) is 6.87. The zero-order valence-corrected chi connectivity index (χ0v) is 24.3. The summed E-state index contributed by atoms with van der Waals surface area (Å²) in [6, 6.07) is 21.3. The molecule has 0 radical (unpaired) electrons. The number of fused-ring (bicyclic) bond motifs is 1. The quantitative estimate of drug-likeness (QED) is 0.134. The molecule has 0 saturated carbocycles. The van der Waals surface area contributed by atoms with Crippen LogP contribution >= 0.6 is 11.6 Å². The van der Waals surface area contributed by atoms with Crippen LogP contribution in [-0.4, -0.2) is 71.7 Å². The van der Waals surface area contributed by atoms with Crippen molar-refractivity contribution in [1.82, 2.24) is 15.2 Å². The van der Waals surface area contributed by atoms with Crippen LogP contribution in [0.15, 0.2) is 84.0 Å². The van der Waals surface area contributed by atoms with Gasteiger partial charge in [0.1, 0.15) is 11.5 Å². The van der Waals surface area contributed by atoms with Gasteiger partial charge in [-0.3, -0.25) is 19.7 Å². The van der Waals surface area contributed by atoms with Gasteiger partial charge >= 0.3 is 0 Å². The Kier molecular flexibility index (Phi) is 10.3. The van der Waals surface area contributed by atoms with Crippen LogP contribution in [0.3, 0.4) is 0 Å². The average Bonchev–Trinajstić information content (AvgIpc) is 2.99. The average molecular weight is 604 g/mol. The molecule has 4 aromatic rings. The molecular weight excluding hydrogens is 574 g/mol. The van der Waals surface area contributed by atoms with Gasteiger partial charge < -0.3 is 19.6 Å². The number of hydrogen-bond donors (Lipinski definition) is 2. The van der Waals surface area contributed by atoms with Crippen molar-refractivity contribution in [3.63, 3.8) is 0 Å². The molecule has 4 rings (SSSR count). The second-order valence-electron chi connectivity index (χ2n) is 9.86. The highest BCUT2D eigenvalue weighted by atomic mass is 35.5. The third kappa shape index (κ3) is 8.06. The Morgan fingerprint density at radius 1 is 1.02 bits per heavy atom. The van der Waals surface area contributed by atoms with E-state index in [1.54, 1.807) is 35.2 Å². The first-order valence-corrected chi connectivity index (χ1v) is 13.6. The molecule has 2 amide bonds. The molecule has 0 bridgehead atoms. The molecule has 0 fully saturated rings. The largest absolute Gasteiger partial charge is 0.506 e. The summed E-state index contributed by atoms with van der Waals surface area (Å²) in [4.78, 5) is 40.3. The van der Waals surface area contributed by atoms with Crippen molar-refractivity contribution < 1.29 is 24.4 Å². The van der Waals surface area contributed by atoms with Gasteiger partial charge in [-0.05, 0) is 49.8 Å². The van der Waals surface area contributed by atoms with Crippen LogP contribution in [-0.2, 0) is 11.3 Å². The van der Waals surface area contributed by atoms with Gasteiger partial charge in [-0.15, -0.1) is 0 Å². The molecule has 0 saturated heterocycles. The smallest absolute Gasteiger partial charge is 0.274 e. The van der Waals surface area contributed by atoms with Crippen LogP contribution in [0.1, 0.15) is 21.5 Å². The van der Waals surface area contributed by atoms with Crippen molar-refractivity contribution in [3.8, 4) is 11.5 Å². The van der Waals surface area contributed by atoms with E-state index in [-0.39, 0.29) is 41.1 Å². The summed E-state index contributed by atoms with van der Waals surface area (Å²) in [7, 11) is 3.77. The standard InChI is InChI=1S/C31H30ClN5O6/c1-35(2)15-16-36(19-23-7-3-6-10-27(23)37(41)42)30(39)20-43-29-14-12-22(24-8-4-5-9-25(24)29)18-33-34-31(40)21-11-13-28(38)26(32)17-21/h3-14,17-18,38H,15-16,19-20H2,1-2H3,(H,34,40). The number of nitrogens with one attached hydrogen (secondary N) is 1. The minimum atomic E-state index is -0.499. The van der Waals surface area contributed by atoms with E-state index in [4.69, 9.17) is 16.3 Å². The highest BCUT2D eigenvalue weighted by molar-refractivity contribution is 6.32. The number of hydrogen-bond acceptors (Lipinski definition) is 8. The number of hydrazone groups is 1. The van der Waals surface area contributed by atoms with E-state index in [1.807, 2.05) is 43.3 Å². The van der Waals surface area contributed by atoms with Crippen molar-refractivity contribution in [2.45, 2.75) is 6.54 Å². The van der Waals surface area contributed by atoms with Crippen molar-refractivity contribution in [3.05, 3.63) is 111 Å². The Morgan fingerprint density at radius 2 is 1.74 bits per heavy atom. The maximum atomic E-state index is 13.3. The SMILES string of the molecule is CN(C)CCN(Cc1ccccc1[N+](=O)[O-])C(=O)COc1ccc(C=NNC(=O)c2ccc(O)c(Cl)c2)c2ccccc12. The maximum absolute atomic E-state index is 13.3. The molecule has 12 heteroatoms. The van der Waals surface area contributed by atoms with Gasteiger partial charge in [0.05, 0.1) is 22.7 Å². The number of nitro benzene ring substituents is 1. The number of rotatable bonds is 12. The van der Waals surface area contributed by atoms with E-state index in [2.05, 4.69) is 10.5 Å². The fourth-order valence-electron chi connectivity index (χ4n) is 4.28. The number of carbonyl (C=O) groups excluding carboxylic acids is 2. The lowest BCUT2D eigenvalue weighted by molar-refractivity contribution is -0.385. The fourth-order valence-corrected chi connectivity index (χ4v) is 4.46. The van der Waals surface area contributed by atoms with Gasteiger partial charge in [0.15, 0.2) is 6.61 Å². The van der Waals surface area contributed by atoms with Gasteiger partial charge in [-0.25, -0.2) is 5.43 Å². The van der Waals surface area contributed by atoms with Crippen LogP contribution in [0.4, 0.5) is 5.69 Å². The van der Waals surface area contributed by atoms with E-state index in [9.17, 15) is 24.8 Å². The Morgan fingerprint density at radius 3 is 2.47 bits per heavy atom. The second kappa shape index (κ2) is 14.3. The molecular formula is C31H30ClN5O6. The summed E-state index contributed by atoms with van der Waals surface area (Å²) in [6.07, 6.45) is 1.49. The summed E-state index contributed by atoms with van der Waals surface area (Å²) < 4.78 is 5.97. The molecule has 0 aliphatic heterocycles. The maximum Gasteiger partial charge on any atom is 0.274 e. The molecule has 0 atom stereocenters. The zero-order valence-electron chi connectivity index (χ0n) is 23.6. The molecule has 43 heavy (non-hydrogen) atoms. The number of benzene rings is 4. The van der Waals surface area contributed by atoms with Crippen molar-refractivity contribution in [1.29, 1.82) is 0 Å². The van der Waals surface area contributed by atoms with E-state index in [1.165, 1.54) is 30.5 Å². The molecule has 0 aliphatic carbocycles. The molecule has 4 aromatic carbocycles. The Hall–Kier alpha value is -5.00. The van der Waals surface area contributed by atoms with Crippen molar-refractivity contribution in [2.75, 3.05) is 33.8 Å². The number of phenols is 1. The normalized spacial score (nSPS) is 11.2. The lowest BCUT2D eigenvalue weighted by Gasteiger charge is -2.24. The molecule has 0 heterocycles. The molecule has 0 unspecified atom stereocenters. The summed E-state index contributed by atoms with van der Waals surface area (Å²) in [5, 5.41) is 26.7. The van der Waals surface area contributed by atoms with E-state index >= 15 is 0 Å². The summed E-state index contributed by atoms with van der Waals surface area (Å²) in [5.74, 6) is -0.465. The van der Waals surface area contributed by atoms with E-state index < -0.39 is 10.8 Å². The van der Waals surface area contributed by atoms with Gasteiger partial charge in [0.25, 0.3) is 17.5 Å². The molecule has 11 nitrogen and oxygen atoms in total. The fraction of sp³-hybridized carbons (Fsp3) is 0.194. The predicted octanol–water partition coefficient (Wildman–Crippen LogP) is 4.84. The minimum Gasteiger partial charge on any atom is -0.506 e. The van der Waals surface area contributed by atoms with Crippen LogP contribution < -0.4 is 10.2 Å². The molecule has 222 valence electrons. The number of nitrogens with zero attached hydrogens (tertiary/aromatic N) is 4. The highest BCUT2D eigenvalue weighted by Crippen LogP contribution is 2.28. The first-order valence-electron chi connectivity index (χ1n) is 13.3. The van der Waals surface area contributed by atoms with Gasteiger partial charge in [0.2, 0.25) is 0 Å². The first kappa shape index (κ1) is 30.9. The number of likely N-dealkylation sites (N-methyl/N-ethyl adjacent to an activating group) is 1. The number of para-hydroxylation sites is 1. The topological polar surface area (TPSA) is 138 Å². The van der Waals surface area contributed by atoms with Gasteiger partial charge in [0, 0.05) is 41.2 Å². The predicted molar refractivity (Wildman–Crippen MR) is 165 cm³/mol. The Balaban J connectivity index is 1.48. The Bertz CT molecular complexity index is 1680. The monoisotopic (exact) mass is 603 g/mol. The summed E-state index contributed by atoms with van der Waals surface area (Å²) >= 11 is 5.88. The number of carbonyl (C=O) groups is 2. The summed E-state index contributed by atoms with van der Waals surface area (Å²) in [5.41, 5.74) is 3.77. The zero-order chi connectivity index (χ0) is 30.9. The second-order valence-corrected chi connectivity index (χ2v) is 10.3. The number of ether oxygens (including phenoxy) is 1. The lowest BCUT2D eigenvalue weighted by atomic mass is 10.0. The third-order valence-electron chi connectivity index (χ3n) is 6.57. The highest BCUT2D eigenvalue weighted by Gasteiger charge is 2.21. The van der Waals surface area contributed by atoms with Crippen LogP contribution in [0.5, 0.6) is 11.5 Å². The molecule has 0 spiro atoms. The number of aromatic hydroxyl groups is 1. The number of phenolic OH excluding ortho intramolecular Hbond substituents is 1. The lowest BCUT2D eigenvalue weighted by Crippen LogP contribution is -2.39. The van der Waals surface area contributed by atoms with E-state index in [0.717, 1.165) is 10.8 Å². The number of halogens is 1. The van der Waals surface area contributed by atoms with Gasteiger partial charge in [-0.2, -0.15) is 5.10 Å². The minimum absolute atomic E-state index is 0.0441. The van der Waals surface area contributed by atoms with Crippen LogP contribution in [0.25, 0.3) is 10.8 Å². The molecule has 0 aliphatic rings.